The van der Waals surface area contributed by atoms with E-state index >= 15 is 0 Å². The van der Waals surface area contributed by atoms with Crippen LogP contribution in [0.15, 0.2) is 0 Å². The number of hydrogen-bond donors (Lipinski definition) is 0. The summed E-state index contributed by atoms with van der Waals surface area (Å²) in [6.07, 6.45) is 8.57. The van der Waals surface area contributed by atoms with Gasteiger partial charge in [0.1, 0.15) is 0 Å². The van der Waals surface area contributed by atoms with Crippen LogP contribution in [0.3, 0.4) is 0 Å². The van der Waals surface area contributed by atoms with Gasteiger partial charge in [-0.05, 0) is 54.3 Å². The van der Waals surface area contributed by atoms with E-state index in [1.54, 1.807) is 0 Å². The Morgan fingerprint density at radius 1 is 1.00 bits per heavy atom. The van der Waals surface area contributed by atoms with Crippen molar-refractivity contribution in [1.82, 2.24) is 0 Å². The molecule has 1 heteroatoms. The van der Waals surface area contributed by atoms with Crippen molar-refractivity contribution in [2.45, 2.75) is 64.9 Å². The normalized spacial score (nSPS) is 67.3. The minimum absolute atomic E-state index is 0.344. The van der Waals surface area contributed by atoms with E-state index < -0.39 is 0 Å². The quantitative estimate of drug-likeness (QED) is 0.566. The Bertz CT molecular complexity index is 358. The topological polar surface area (TPSA) is 12.5 Å². The van der Waals surface area contributed by atoms with Crippen molar-refractivity contribution in [3.63, 3.8) is 0 Å². The zero-order chi connectivity index (χ0) is 11.2. The number of epoxide rings is 1. The minimum atomic E-state index is 0.344. The van der Waals surface area contributed by atoms with Crippen LogP contribution in [0.2, 0.25) is 0 Å². The third-order valence-corrected chi connectivity index (χ3v) is 7.64. The summed E-state index contributed by atoms with van der Waals surface area (Å²) in [6, 6.07) is 0. The van der Waals surface area contributed by atoms with Crippen LogP contribution < -0.4 is 0 Å². The molecule has 0 aromatic heterocycles. The first kappa shape index (κ1) is 9.94. The highest BCUT2D eigenvalue weighted by molar-refractivity contribution is 5.24. The molecule has 16 heavy (non-hydrogen) atoms. The predicted octanol–water partition coefficient (Wildman–Crippen LogP) is 3.77. The van der Waals surface area contributed by atoms with Crippen LogP contribution >= 0.6 is 0 Å². The summed E-state index contributed by atoms with van der Waals surface area (Å²) in [5.74, 6) is 0.867. The predicted molar refractivity (Wildman–Crippen MR) is 64.2 cm³/mol. The van der Waals surface area contributed by atoms with Gasteiger partial charge in [-0.3, -0.25) is 0 Å². The van der Waals surface area contributed by atoms with Gasteiger partial charge in [0.25, 0.3) is 0 Å². The Morgan fingerprint density at radius 2 is 1.75 bits per heavy atom. The summed E-state index contributed by atoms with van der Waals surface area (Å²) >= 11 is 0. The molecular weight excluding hydrogens is 196 g/mol. The SMILES string of the molecule is CC12CCC3(CO3)C(C1)C1(C)CCCC21C. The second-order valence-electron chi connectivity index (χ2n) is 7.77. The van der Waals surface area contributed by atoms with E-state index in [1.165, 1.54) is 38.5 Å². The lowest BCUT2D eigenvalue weighted by molar-refractivity contribution is 0.0308. The fraction of sp³-hybridized carbons (Fsp3) is 1.00. The van der Waals surface area contributed by atoms with E-state index in [4.69, 9.17) is 4.74 Å². The van der Waals surface area contributed by atoms with Gasteiger partial charge < -0.3 is 4.74 Å². The summed E-state index contributed by atoms with van der Waals surface area (Å²) < 4.78 is 5.93. The zero-order valence-electron chi connectivity index (χ0n) is 10.9. The van der Waals surface area contributed by atoms with Crippen molar-refractivity contribution in [2.75, 3.05) is 6.61 Å². The fourth-order valence-electron chi connectivity index (χ4n) is 6.07. The molecule has 5 unspecified atom stereocenters. The van der Waals surface area contributed by atoms with Crippen molar-refractivity contribution in [1.29, 1.82) is 0 Å². The van der Waals surface area contributed by atoms with Gasteiger partial charge in [0, 0.05) is 0 Å². The molecule has 1 aliphatic heterocycles. The van der Waals surface area contributed by atoms with Crippen molar-refractivity contribution in [3.8, 4) is 0 Å². The lowest BCUT2D eigenvalue weighted by Crippen LogP contribution is -2.39. The van der Waals surface area contributed by atoms with Crippen LogP contribution in [0.25, 0.3) is 0 Å². The average molecular weight is 220 g/mol. The molecule has 0 radical (unpaired) electrons. The van der Waals surface area contributed by atoms with Gasteiger partial charge in [0.05, 0.1) is 12.2 Å². The molecule has 4 aliphatic rings. The summed E-state index contributed by atoms with van der Waals surface area (Å²) in [5, 5.41) is 0. The molecule has 1 nitrogen and oxygen atoms in total. The smallest absolute Gasteiger partial charge is 0.0950 e. The standard InChI is InChI=1S/C15H24O/c1-12-7-8-15(10-16-15)11(9-12)13(2)5-4-6-14(12,13)3/h11H,4-10H2,1-3H3. The molecule has 4 fully saturated rings. The lowest BCUT2D eigenvalue weighted by atomic mass is 9.59. The van der Waals surface area contributed by atoms with Crippen molar-refractivity contribution >= 4 is 0 Å². The second-order valence-corrected chi connectivity index (χ2v) is 7.77. The lowest BCUT2D eigenvalue weighted by Gasteiger charge is -2.45. The highest BCUT2D eigenvalue weighted by Gasteiger charge is 2.75. The van der Waals surface area contributed by atoms with Crippen LogP contribution in [0.1, 0.15) is 59.3 Å². The van der Waals surface area contributed by atoms with E-state index in [9.17, 15) is 0 Å². The summed E-state index contributed by atoms with van der Waals surface area (Å²) in [5.41, 5.74) is 2.13. The monoisotopic (exact) mass is 220 g/mol. The molecule has 3 saturated carbocycles. The van der Waals surface area contributed by atoms with E-state index in [2.05, 4.69) is 20.8 Å². The summed E-state index contributed by atoms with van der Waals surface area (Å²) in [6.45, 7) is 8.83. The van der Waals surface area contributed by atoms with Gasteiger partial charge in [-0.1, -0.05) is 27.2 Å². The van der Waals surface area contributed by atoms with Gasteiger partial charge in [-0.15, -0.1) is 0 Å². The maximum Gasteiger partial charge on any atom is 0.0950 e. The van der Waals surface area contributed by atoms with E-state index in [-0.39, 0.29) is 0 Å². The molecule has 3 aliphatic carbocycles. The summed E-state index contributed by atoms with van der Waals surface area (Å²) in [4.78, 5) is 0. The first-order valence-corrected chi connectivity index (χ1v) is 7.10. The number of ether oxygens (including phenoxy) is 1. The maximum absolute atomic E-state index is 5.93. The van der Waals surface area contributed by atoms with Gasteiger partial charge in [0.2, 0.25) is 0 Å². The van der Waals surface area contributed by atoms with Gasteiger partial charge in [-0.25, -0.2) is 0 Å². The van der Waals surface area contributed by atoms with Crippen LogP contribution in [0.5, 0.6) is 0 Å². The minimum Gasteiger partial charge on any atom is -0.369 e. The zero-order valence-corrected chi connectivity index (χ0v) is 10.9. The molecule has 0 N–H and O–H groups in total. The van der Waals surface area contributed by atoms with Gasteiger partial charge >= 0.3 is 0 Å². The largest absolute Gasteiger partial charge is 0.369 e. The van der Waals surface area contributed by atoms with E-state index in [0.29, 0.717) is 21.8 Å². The van der Waals surface area contributed by atoms with Gasteiger partial charge in [0.15, 0.2) is 0 Å². The molecule has 1 saturated heterocycles. The first-order valence-electron chi connectivity index (χ1n) is 7.10. The first-order chi connectivity index (χ1) is 7.46. The molecule has 5 atom stereocenters. The molecule has 90 valence electrons. The van der Waals surface area contributed by atoms with Crippen molar-refractivity contribution in [3.05, 3.63) is 0 Å². The second kappa shape index (κ2) is 2.39. The fourth-order valence-corrected chi connectivity index (χ4v) is 6.07. The molecule has 2 bridgehead atoms. The highest BCUT2D eigenvalue weighted by atomic mass is 16.6. The molecule has 0 aromatic rings. The number of fused-ring (bicyclic) bond motifs is 6. The van der Waals surface area contributed by atoms with Crippen molar-refractivity contribution < 1.29 is 4.74 Å². The molecule has 1 heterocycles. The van der Waals surface area contributed by atoms with Crippen LogP contribution in [0, 0.1) is 22.2 Å². The third kappa shape index (κ3) is 0.776. The third-order valence-electron chi connectivity index (χ3n) is 7.64. The molecule has 0 aromatic carbocycles. The van der Waals surface area contributed by atoms with Crippen molar-refractivity contribution in [2.24, 2.45) is 22.2 Å². The number of hydrogen-bond acceptors (Lipinski definition) is 1. The Hall–Kier alpha value is -0.0400. The van der Waals surface area contributed by atoms with E-state index in [0.717, 1.165) is 12.5 Å². The van der Waals surface area contributed by atoms with Gasteiger partial charge in [-0.2, -0.15) is 0 Å². The Morgan fingerprint density at radius 3 is 2.44 bits per heavy atom. The van der Waals surface area contributed by atoms with E-state index in [1.807, 2.05) is 0 Å². The Labute approximate surface area is 98.9 Å². The van der Waals surface area contributed by atoms with Crippen LogP contribution in [-0.4, -0.2) is 12.2 Å². The number of rotatable bonds is 0. The summed E-state index contributed by atoms with van der Waals surface area (Å²) in [7, 11) is 0. The Balaban J connectivity index is 1.89. The highest BCUT2D eigenvalue weighted by Crippen LogP contribution is 2.79. The Kier molecular flexibility index (Phi) is 1.48. The molecule has 1 spiro atoms. The molecular formula is C15H24O. The molecule has 4 rings (SSSR count). The maximum atomic E-state index is 5.93. The van der Waals surface area contributed by atoms with Crippen LogP contribution in [0.4, 0.5) is 0 Å². The van der Waals surface area contributed by atoms with Crippen LogP contribution in [-0.2, 0) is 4.74 Å². The molecule has 0 amide bonds. The average Bonchev–Trinajstić information content (AvgIpc) is 2.91.